The summed E-state index contributed by atoms with van der Waals surface area (Å²) < 4.78 is 0. The molecule has 0 radical (unpaired) electrons. The van der Waals surface area contributed by atoms with Gasteiger partial charge in [-0.15, -0.1) is 0 Å². The van der Waals surface area contributed by atoms with Gasteiger partial charge < -0.3 is 10.4 Å². The van der Waals surface area contributed by atoms with Gasteiger partial charge in [0.25, 0.3) is 11.8 Å². The van der Waals surface area contributed by atoms with Crippen LogP contribution in [-0.4, -0.2) is 29.2 Å². The molecule has 0 aliphatic rings. The second-order valence-electron chi connectivity index (χ2n) is 7.62. The predicted molar refractivity (Wildman–Crippen MR) is 124 cm³/mol. The molecule has 3 rings (SSSR count). The minimum absolute atomic E-state index is 0.0615. The Hall–Kier alpha value is -3.38. The molecule has 3 N–H and O–H groups in total. The van der Waals surface area contributed by atoms with Gasteiger partial charge in [0.1, 0.15) is 11.8 Å². The first kappa shape index (κ1) is 22.3. The number of phenolic OH excluding ortho intramolecular Hbond substituents is 1. The normalized spacial score (nSPS) is 12.3. The molecule has 7 heteroatoms. The van der Waals surface area contributed by atoms with Crippen molar-refractivity contribution in [2.75, 3.05) is 0 Å². The molecule has 0 bridgehead atoms. The molecule has 2 amide bonds. The number of halogens is 1. The molecule has 3 aromatic rings. The van der Waals surface area contributed by atoms with Gasteiger partial charge >= 0.3 is 0 Å². The summed E-state index contributed by atoms with van der Waals surface area (Å²) in [6.45, 7) is 3.93. The highest BCUT2D eigenvalue weighted by Crippen LogP contribution is 2.25. The Kier molecular flexibility index (Phi) is 7.26. The van der Waals surface area contributed by atoms with Crippen LogP contribution in [0.15, 0.2) is 65.8 Å². The van der Waals surface area contributed by atoms with E-state index in [0.717, 1.165) is 10.8 Å². The third kappa shape index (κ3) is 5.83. The summed E-state index contributed by atoms with van der Waals surface area (Å²) in [5.41, 5.74) is 3.39. The molecule has 6 nitrogen and oxygen atoms in total. The lowest BCUT2D eigenvalue weighted by Gasteiger charge is -2.19. The molecule has 0 spiro atoms. The molecule has 0 aliphatic carbocycles. The number of hydrogen-bond acceptors (Lipinski definition) is 4. The molecule has 1 unspecified atom stereocenters. The van der Waals surface area contributed by atoms with Gasteiger partial charge in [-0.1, -0.05) is 55.8 Å². The van der Waals surface area contributed by atoms with Gasteiger partial charge in [-0.2, -0.15) is 5.10 Å². The zero-order valence-electron chi connectivity index (χ0n) is 17.3. The smallest absolute Gasteiger partial charge is 0.262 e. The molecule has 0 saturated carbocycles. The Bertz CT molecular complexity index is 1110. The van der Waals surface area contributed by atoms with Crippen molar-refractivity contribution in [3.05, 3.63) is 76.8 Å². The number of carbonyl (C=O) groups is 2. The van der Waals surface area contributed by atoms with E-state index >= 15 is 0 Å². The number of nitrogens with zero attached hydrogens (tertiary/aromatic N) is 1. The maximum Gasteiger partial charge on any atom is 0.262 e. The molecule has 0 fully saturated rings. The number of nitrogens with one attached hydrogen (secondary N) is 2. The zero-order valence-corrected chi connectivity index (χ0v) is 18.1. The number of rotatable bonds is 7. The van der Waals surface area contributed by atoms with Crippen molar-refractivity contribution in [2.24, 2.45) is 11.0 Å². The Morgan fingerprint density at radius 1 is 1.06 bits per heavy atom. The van der Waals surface area contributed by atoms with Crippen LogP contribution < -0.4 is 10.7 Å². The Balaban J connectivity index is 1.73. The summed E-state index contributed by atoms with van der Waals surface area (Å²) in [7, 11) is 0. The average Bonchev–Trinajstić information content (AvgIpc) is 2.74. The first-order valence-corrected chi connectivity index (χ1v) is 10.3. The lowest BCUT2D eigenvalue weighted by molar-refractivity contribution is -0.123. The van der Waals surface area contributed by atoms with E-state index in [9.17, 15) is 14.7 Å². The topological polar surface area (TPSA) is 90.8 Å². The Labute approximate surface area is 185 Å². The molecule has 0 saturated heterocycles. The number of carbonyl (C=O) groups excluding carboxylic acids is 2. The summed E-state index contributed by atoms with van der Waals surface area (Å²) in [6, 6.07) is 16.6. The largest absolute Gasteiger partial charge is 0.507 e. The van der Waals surface area contributed by atoms with Crippen molar-refractivity contribution in [3.63, 3.8) is 0 Å². The van der Waals surface area contributed by atoms with Gasteiger partial charge in [0, 0.05) is 16.1 Å². The summed E-state index contributed by atoms with van der Waals surface area (Å²) in [4.78, 5) is 25.2. The van der Waals surface area contributed by atoms with Crippen LogP contribution in [0.4, 0.5) is 0 Å². The van der Waals surface area contributed by atoms with Gasteiger partial charge in [-0.3, -0.25) is 9.59 Å². The van der Waals surface area contributed by atoms with Gasteiger partial charge in [0.2, 0.25) is 0 Å². The molecule has 160 valence electrons. The van der Waals surface area contributed by atoms with Gasteiger partial charge in [-0.05, 0) is 53.4 Å². The van der Waals surface area contributed by atoms with Crippen LogP contribution in [-0.2, 0) is 4.79 Å². The van der Waals surface area contributed by atoms with Crippen molar-refractivity contribution < 1.29 is 14.7 Å². The molecule has 0 aromatic heterocycles. The minimum atomic E-state index is -0.763. The monoisotopic (exact) mass is 437 g/mol. The van der Waals surface area contributed by atoms with Crippen LogP contribution in [0.1, 0.15) is 36.2 Å². The molecule has 3 aromatic carbocycles. The van der Waals surface area contributed by atoms with E-state index in [0.29, 0.717) is 22.6 Å². The van der Waals surface area contributed by atoms with Crippen LogP contribution in [0.5, 0.6) is 5.75 Å². The first-order valence-electron chi connectivity index (χ1n) is 9.95. The fourth-order valence-corrected chi connectivity index (χ4v) is 3.33. The molecular formula is C24H24ClN3O3. The fourth-order valence-electron chi connectivity index (χ4n) is 3.20. The highest BCUT2D eigenvalue weighted by atomic mass is 35.5. The van der Waals surface area contributed by atoms with Crippen molar-refractivity contribution in [1.82, 2.24) is 10.7 Å². The predicted octanol–water partition coefficient (Wildman–Crippen LogP) is 4.49. The van der Waals surface area contributed by atoms with Crippen LogP contribution in [0.25, 0.3) is 10.8 Å². The Morgan fingerprint density at radius 3 is 2.48 bits per heavy atom. The summed E-state index contributed by atoms with van der Waals surface area (Å²) >= 11 is 5.87. The van der Waals surface area contributed by atoms with Crippen molar-refractivity contribution in [2.45, 2.75) is 26.3 Å². The minimum Gasteiger partial charge on any atom is -0.507 e. The van der Waals surface area contributed by atoms with Gasteiger partial charge in [0.15, 0.2) is 0 Å². The number of amides is 2. The summed E-state index contributed by atoms with van der Waals surface area (Å²) in [6.07, 6.45) is 1.85. The highest BCUT2D eigenvalue weighted by Gasteiger charge is 2.22. The quantitative estimate of drug-likeness (QED) is 0.375. The lowest BCUT2D eigenvalue weighted by atomic mass is 10.0. The SMILES string of the molecule is CC(C)CC(NC(=O)c1ccc(Cl)cc1)C(=O)N/N=C/c1c(O)ccc2ccccc12. The number of fused-ring (bicyclic) bond motifs is 1. The summed E-state index contributed by atoms with van der Waals surface area (Å²) in [5, 5.41) is 19.3. The van der Waals surface area contributed by atoms with E-state index in [1.807, 2.05) is 44.2 Å². The maximum atomic E-state index is 12.7. The van der Waals surface area contributed by atoms with Crippen LogP contribution >= 0.6 is 11.6 Å². The fraction of sp³-hybridized carbons (Fsp3) is 0.208. The van der Waals surface area contributed by atoms with E-state index in [4.69, 9.17) is 11.6 Å². The average molecular weight is 438 g/mol. The lowest BCUT2D eigenvalue weighted by Crippen LogP contribution is -2.46. The third-order valence-corrected chi connectivity index (χ3v) is 5.00. The van der Waals surface area contributed by atoms with E-state index in [1.54, 1.807) is 30.3 Å². The number of aromatic hydroxyl groups is 1. The van der Waals surface area contributed by atoms with Gasteiger partial charge in [-0.25, -0.2) is 5.43 Å². The highest BCUT2D eigenvalue weighted by molar-refractivity contribution is 6.30. The number of benzene rings is 3. The molecule has 0 heterocycles. The molecule has 31 heavy (non-hydrogen) atoms. The van der Waals surface area contributed by atoms with Crippen LogP contribution in [0.3, 0.4) is 0 Å². The number of phenols is 1. The maximum absolute atomic E-state index is 12.7. The Morgan fingerprint density at radius 2 is 1.77 bits per heavy atom. The first-order chi connectivity index (χ1) is 14.8. The number of hydrazone groups is 1. The molecule has 0 aliphatic heterocycles. The molecular weight excluding hydrogens is 414 g/mol. The van der Waals surface area contributed by atoms with Crippen molar-refractivity contribution in [1.29, 1.82) is 0 Å². The number of hydrogen-bond donors (Lipinski definition) is 3. The van der Waals surface area contributed by atoms with E-state index in [2.05, 4.69) is 15.8 Å². The van der Waals surface area contributed by atoms with E-state index in [-0.39, 0.29) is 17.6 Å². The summed E-state index contributed by atoms with van der Waals surface area (Å²) in [5.74, 6) is -0.570. The van der Waals surface area contributed by atoms with Crippen molar-refractivity contribution >= 4 is 40.4 Å². The van der Waals surface area contributed by atoms with Crippen LogP contribution in [0.2, 0.25) is 5.02 Å². The van der Waals surface area contributed by atoms with E-state index in [1.165, 1.54) is 6.21 Å². The van der Waals surface area contributed by atoms with Gasteiger partial charge in [0.05, 0.1) is 6.21 Å². The standard InChI is InChI=1S/C24H24ClN3O3/c1-15(2)13-21(27-23(30)17-7-10-18(25)11-8-17)24(31)28-26-14-20-19-6-4-3-5-16(19)9-12-22(20)29/h3-12,14-15,21,29H,13H2,1-2H3,(H,27,30)(H,28,31)/b26-14+. The zero-order chi connectivity index (χ0) is 22.4. The molecule has 1 atom stereocenters. The second kappa shape index (κ2) is 10.1. The van der Waals surface area contributed by atoms with E-state index < -0.39 is 11.9 Å². The van der Waals surface area contributed by atoms with Crippen LogP contribution in [0, 0.1) is 5.92 Å². The third-order valence-electron chi connectivity index (χ3n) is 4.75. The van der Waals surface area contributed by atoms with Crippen molar-refractivity contribution in [3.8, 4) is 5.75 Å². The second-order valence-corrected chi connectivity index (χ2v) is 8.05.